The molecule has 10 heteroatoms. The van der Waals surface area contributed by atoms with E-state index < -0.39 is 0 Å². The lowest BCUT2D eigenvalue weighted by atomic mass is 10.1. The molecule has 0 aliphatic carbocycles. The lowest BCUT2D eigenvalue weighted by Gasteiger charge is -2.22. The predicted molar refractivity (Wildman–Crippen MR) is 145 cm³/mol. The smallest absolute Gasteiger partial charge is 0.241 e. The number of aliphatic imine (C=N–C) groups is 1. The number of benzene rings is 1. The van der Waals surface area contributed by atoms with Crippen LogP contribution in [0.15, 0.2) is 59.6 Å². The molecule has 0 aliphatic heterocycles. The third-order valence-electron chi connectivity index (χ3n) is 4.31. The highest BCUT2D eigenvalue weighted by Gasteiger charge is 2.04. The molecule has 1 rings (SSSR count). The second-order valence-corrected chi connectivity index (χ2v) is 9.49. The van der Waals surface area contributed by atoms with Crippen LogP contribution in [0.2, 0.25) is 0 Å². The van der Waals surface area contributed by atoms with E-state index in [1.807, 2.05) is 41.3 Å². The number of carbonyl (C=O) groups is 2. The lowest BCUT2D eigenvalue weighted by Crippen LogP contribution is -2.29. The van der Waals surface area contributed by atoms with Crippen LogP contribution in [0, 0.1) is 0 Å². The third-order valence-corrected chi connectivity index (χ3v) is 6.72. The van der Waals surface area contributed by atoms with Crippen LogP contribution in [0.25, 0.3) is 6.08 Å². The normalized spacial score (nSPS) is 11.6. The van der Waals surface area contributed by atoms with Crippen molar-refractivity contribution in [2.45, 2.75) is 0 Å². The molecule has 0 spiro atoms. The maximum atomic E-state index is 11.8. The fourth-order valence-corrected chi connectivity index (χ4v) is 4.46. The minimum atomic E-state index is -0.134. The number of allylic oxidation sites excluding steroid dienone is 4. The molecule has 0 radical (unpaired) electrons. The third kappa shape index (κ3) is 13.9. The average molecular weight is 507 g/mol. The summed E-state index contributed by atoms with van der Waals surface area (Å²) >= 11 is 0. The van der Waals surface area contributed by atoms with Gasteiger partial charge in [-0.3, -0.25) is 14.6 Å². The Morgan fingerprint density at radius 1 is 1.09 bits per heavy atom. The maximum Gasteiger partial charge on any atom is 0.241 e. The Bertz CT molecular complexity index is 808. The average Bonchev–Trinajstić information content (AvgIpc) is 2.85. The van der Waals surface area contributed by atoms with Crippen LogP contribution in [0.4, 0.5) is 5.69 Å². The van der Waals surface area contributed by atoms with Crippen LogP contribution in [0.3, 0.4) is 0 Å². The highest BCUT2D eigenvalue weighted by atomic mass is 33.1. The number of anilines is 1. The van der Waals surface area contributed by atoms with E-state index in [-0.39, 0.29) is 25.7 Å². The summed E-state index contributed by atoms with van der Waals surface area (Å²) in [5, 5.41) is 23.7. The minimum absolute atomic E-state index is 0.0267. The van der Waals surface area contributed by atoms with E-state index in [0.717, 1.165) is 28.3 Å². The lowest BCUT2D eigenvalue weighted by molar-refractivity contribution is -0.119. The van der Waals surface area contributed by atoms with Gasteiger partial charge in [0.2, 0.25) is 12.3 Å². The van der Waals surface area contributed by atoms with Gasteiger partial charge in [-0.2, -0.15) is 0 Å². The second kappa shape index (κ2) is 19.9. The van der Waals surface area contributed by atoms with E-state index in [4.69, 9.17) is 10.2 Å². The first-order chi connectivity index (χ1) is 16.6. The monoisotopic (exact) mass is 506 g/mol. The van der Waals surface area contributed by atoms with Crippen LogP contribution < -0.4 is 15.5 Å². The summed E-state index contributed by atoms with van der Waals surface area (Å²) in [5.41, 5.74) is 2.79. The van der Waals surface area contributed by atoms with Gasteiger partial charge >= 0.3 is 0 Å². The van der Waals surface area contributed by atoms with Crippen LogP contribution in [0.1, 0.15) is 5.56 Å². The highest BCUT2D eigenvalue weighted by molar-refractivity contribution is 8.76. The molecule has 0 aromatic heterocycles. The number of carbonyl (C=O) groups excluding carboxylic acids is 2. The summed E-state index contributed by atoms with van der Waals surface area (Å²) in [6, 6.07) is 7.83. The van der Waals surface area contributed by atoms with Gasteiger partial charge in [-0.1, -0.05) is 58.5 Å². The number of nitrogens with one attached hydrogen (secondary N) is 2. The zero-order valence-corrected chi connectivity index (χ0v) is 20.9. The van der Waals surface area contributed by atoms with Crippen molar-refractivity contribution in [2.24, 2.45) is 4.99 Å². The summed E-state index contributed by atoms with van der Waals surface area (Å²) in [7, 11) is 3.30. The van der Waals surface area contributed by atoms with Gasteiger partial charge in [0.05, 0.1) is 13.2 Å². The van der Waals surface area contributed by atoms with Crippen LogP contribution >= 0.6 is 21.6 Å². The molecular formula is C24H34N4O4S2. The standard InChI is InChI=1S/C24H34N4O4S2/c1-2-21(3-4-22-5-7-23(8-6-22)28(13-15-29)14-16-30)9-10-25-19-24(32)27-12-18-34-33-17-11-26-20-31/h2-10,20,29-30H,1,11-19H2,(H,26,31)(H,27,32)/b4-3+,21-9+,25-10+. The maximum absolute atomic E-state index is 11.8. The molecule has 0 atom stereocenters. The fraction of sp³-hybridized carbons (Fsp3) is 0.375. The molecule has 4 N–H and O–H groups in total. The van der Waals surface area contributed by atoms with Crippen molar-refractivity contribution in [3.63, 3.8) is 0 Å². The Morgan fingerprint density at radius 3 is 2.38 bits per heavy atom. The molecule has 1 aromatic rings. The van der Waals surface area contributed by atoms with E-state index in [9.17, 15) is 9.59 Å². The SMILES string of the molecule is C=CC(/C=C/c1ccc(N(CCO)CCO)cc1)=C\C=N\CC(=O)NCCSSCCNC=O. The van der Waals surface area contributed by atoms with Crippen molar-refractivity contribution < 1.29 is 19.8 Å². The Labute approximate surface area is 209 Å². The molecule has 8 nitrogen and oxygen atoms in total. The second-order valence-electron chi connectivity index (χ2n) is 6.79. The number of rotatable bonds is 19. The number of hydrogen-bond acceptors (Lipinski definition) is 8. The number of aliphatic hydroxyl groups excluding tert-OH is 2. The van der Waals surface area contributed by atoms with Gasteiger partial charge in [-0.25, -0.2) is 0 Å². The Kier molecular flexibility index (Phi) is 17.3. The predicted octanol–water partition coefficient (Wildman–Crippen LogP) is 1.92. The molecule has 2 amide bonds. The van der Waals surface area contributed by atoms with Gasteiger partial charge in [0.15, 0.2) is 0 Å². The number of hydrogen-bond donors (Lipinski definition) is 4. The van der Waals surface area contributed by atoms with Gasteiger partial charge in [-0.05, 0) is 29.3 Å². The van der Waals surface area contributed by atoms with E-state index in [1.165, 1.54) is 0 Å². The van der Waals surface area contributed by atoms with Gasteiger partial charge in [0, 0.05) is 49.6 Å². The molecule has 0 bridgehead atoms. The minimum Gasteiger partial charge on any atom is -0.395 e. The van der Waals surface area contributed by atoms with Crippen molar-refractivity contribution in [3.8, 4) is 0 Å². The van der Waals surface area contributed by atoms with E-state index in [0.29, 0.717) is 32.6 Å². The van der Waals surface area contributed by atoms with Crippen LogP contribution in [-0.4, -0.2) is 86.2 Å². The molecule has 0 aliphatic rings. The molecule has 34 heavy (non-hydrogen) atoms. The van der Waals surface area contributed by atoms with Crippen LogP contribution in [-0.2, 0) is 9.59 Å². The molecule has 0 saturated heterocycles. The summed E-state index contributed by atoms with van der Waals surface area (Å²) < 4.78 is 0. The summed E-state index contributed by atoms with van der Waals surface area (Å²) in [6.07, 6.45) is 9.63. The zero-order chi connectivity index (χ0) is 24.9. The number of amides is 2. The van der Waals surface area contributed by atoms with Gasteiger partial charge in [-0.15, -0.1) is 0 Å². The molecule has 1 aromatic carbocycles. The van der Waals surface area contributed by atoms with E-state index in [1.54, 1.807) is 40.0 Å². The van der Waals surface area contributed by atoms with Crippen LogP contribution in [0.5, 0.6) is 0 Å². The van der Waals surface area contributed by atoms with E-state index in [2.05, 4.69) is 22.2 Å². The Morgan fingerprint density at radius 2 is 1.76 bits per heavy atom. The van der Waals surface area contributed by atoms with Crippen molar-refractivity contribution in [3.05, 3.63) is 60.2 Å². The zero-order valence-electron chi connectivity index (χ0n) is 19.3. The van der Waals surface area contributed by atoms with Gasteiger partial charge < -0.3 is 25.7 Å². The summed E-state index contributed by atoms with van der Waals surface area (Å²) in [5.74, 6) is 1.48. The first kappa shape index (κ1) is 29.5. The van der Waals surface area contributed by atoms with Gasteiger partial charge in [0.1, 0.15) is 6.54 Å². The van der Waals surface area contributed by atoms with E-state index >= 15 is 0 Å². The quantitative estimate of drug-likeness (QED) is 0.0745. The molecule has 0 fully saturated rings. The topological polar surface area (TPSA) is 114 Å². The van der Waals surface area contributed by atoms with Gasteiger partial charge in [0.25, 0.3) is 0 Å². The first-order valence-corrected chi connectivity index (χ1v) is 13.4. The molecular weight excluding hydrogens is 472 g/mol. The molecule has 0 saturated carbocycles. The summed E-state index contributed by atoms with van der Waals surface area (Å²) in [4.78, 5) is 28.0. The Balaban J connectivity index is 2.41. The molecule has 186 valence electrons. The van der Waals surface area contributed by atoms with Crippen molar-refractivity contribution in [1.29, 1.82) is 0 Å². The first-order valence-electron chi connectivity index (χ1n) is 10.9. The highest BCUT2D eigenvalue weighted by Crippen LogP contribution is 2.19. The largest absolute Gasteiger partial charge is 0.395 e. The number of aliphatic hydroxyl groups is 2. The molecule has 0 heterocycles. The molecule has 0 unspecified atom stereocenters. The Hall–Kier alpha value is -2.53. The van der Waals surface area contributed by atoms with Crippen molar-refractivity contribution in [1.82, 2.24) is 10.6 Å². The van der Waals surface area contributed by atoms with Crippen molar-refractivity contribution >= 4 is 51.9 Å². The summed E-state index contributed by atoms with van der Waals surface area (Å²) in [6.45, 7) is 6.07. The fourth-order valence-electron chi connectivity index (χ4n) is 2.63. The number of nitrogens with zero attached hydrogens (tertiary/aromatic N) is 2. The van der Waals surface area contributed by atoms with Crippen molar-refractivity contribution in [2.75, 3.05) is 62.3 Å².